The third kappa shape index (κ3) is 5.17. The van der Waals surface area contributed by atoms with Crippen molar-refractivity contribution in [1.82, 2.24) is 14.8 Å². The van der Waals surface area contributed by atoms with E-state index in [1.807, 2.05) is 0 Å². The molecule has 1 amide bonds. The molecule has 2 aromatic heterocycles. The number of hydrogen-bond acceptors (Lipinski definition) is 5. The Hall–Kier alpha value is -2.57. The minimum atomic E-state index is -4.87. The highest BCUT2D eigenvalue weighted by molar-refractivity contribution is 7.91. The van der Waals surface area contributed by atoms with Crippen LogP contribution in [0.3, 0.4) is 0 Å². The Morgan fingerprint density at radius 2 is 2.03 bits per heavy atom. The number of anilines is 1. The van der Waals surface area contributed by atoms with Gasteiger partial charge in [-0.2, -0.15) is 18.3 Å². The van der Waals surface area contributed by atoms with Crippen LogP contribution in [0.1, 0.15) is 59.8 Å². The summed E-state index contributed by atoms with van der Waals surface area (Å²) in [6.07, 6.45) is -2.27. The van der Waals surface area contributed by atoms with Gasteiger partial charge in [-0.1, -0.05) is 0 Å². The van der Waals surface area contributed by atoms with E-state index in [4.69, 9.17) is 4.78 Å². The van der Waals surface area contributed by atoms with Gasteiger partial charge in [0.1, 0.15) is 16.3 Å². The fourth-order valence-electron chi connectivity index (χ4n) is 4.10. The van der Waals surface area contributed by atoms with Crippen LogP contribution < -0.4 is 5.32 Å². The maximum absolute atomic E-state index is 14.0. The third-order valence-corrected chi connectivity index (χ3v) is 6.79. The van der Waals surface area contributed by atoms with Gasteiger partial charge in [-0.3, -0.25) is 9.48 Å². The predicted molar refractivity (Wildman–Crippen MR) is 109 cm³/mol. The Morgan fingerprint density at radius 3 is 2.58 bits per heavy atom. The molecule has 0 radical (unpaired) electrons. The summed E-state index contributed by atoms with van der Waals surface area (Å²) < 4.78 is 89.9. The van der Waals surface area contributed by atoms with Gasteiger partial charge in [-0.15, -0.1) is 0 Å². The molecule has 7 nitrogen and oxygen atoms in total. The van der Waals surface area contributed by atoms with Crippen LogP contribution in [-0.2, 0) is 22.5 Å². The number of halogens is 5. The summed E-state index contributed by atoms with van der Waals surface area (Å²) in [4.78, 5) is 16.9. The highest BCUT2D eigenvalue weighted by Gasteiger charge is 2.47. The van der Waals surface area contributed by atoms with Gasteiger partial charge in [0.15, 0.2) is 0 Å². The molecular formula is C20H22F5N5O2S. The van der Waals surface area contributed by atoms with Gasteiger partial charge in [-0.05, 0) is 37.3 Å². The SMILES string of the molecule is CS(=N)(=O)c1cc(NC(=O)c2c(C(F)(F)F)c(C3CC3)nn2CC2CCC(F)(F)C2)ccn1. The van der Waals surface area contributed by atoms with Crippen LogP contribution in [0.15, 0.2) is 23.4 Å². The largest absolute Gasteiger partial charge is 0.420 e. The molecular weight excluding hydrogens is 469 g/mol. The highest BCUT2D eigenvalue weighted by Crippen LogP contribution is 2.47. The average molecular weight is 491 g/mol. The average Bonchev–Trinajstić information content (AvgIpc) is 3.37. The molecule has 0 aromatic carbocycles. The van der Waals surface area contributed by atoms with Crippen LogP contribution in [0, 0.1) is 10.7 Å². The third-order valence-electron chi connectivity index (χ3n) is 5.77. The molecule has 2 N–H and O–H groups in total. The molecule has 0 saturated heterocycles. The number of carbonyl (C=O) groups is 1. The predicted octanol–water partition coefficient (Wildman–Crippen LogP) is 4.90. The van der Waals surface area contributed by atoms with E-state index in [2.05, 4.69) is 15.4 Å². The molecule has 2 aliphatic carbocycles. The number of alkyl halides is 5. The quantitative estimate of drug-likeness (QED) is 0.562. The standard InChI is InChI=1S/C20H22F5N5O2S/c1-33(26,32)14-8-13(5-7-27-14)28-18(31)17-15(20(23,24)25)16(12-2-3-12)29-30(17)10-11-4-6-19(21,22)9-11/h5,7-8,11-12,26H,2-4,6,9-10H2,1H3,(H,27,28,31). The fraction of sp³-hybridized carbons (Fsp3) is 0.550. The first-order chi connectivity index (χ1) is 15.2. The van der Waals surface area contributed by atoms with Crippen LogP contribution in [0.2, 0.25) is 0 Å². The maximum Gasteiger partial charge on any atom is 0.420 e. The minimum absolute atomic E-state index is 0.00747. The van der Waals surface area contributed by atoms with Gasteiger partial charge in [0.25, 0.3) is 5.91 Å². The summed E-state index contributed by atoms with van der Waals surface area (Å²) in [6.45, 7) is -0.231. The van der Waals surface area contributed by atoms with Crippen molar-refractivity contribution < 1.29 is 31.0 Å². The van der Waals surface area contributed by atoms with Crippen LogP contribution in [0.25, 0.3) is 0 Å². The Bertz CT molecular complexity index is 1190. The summed E-state index contributed by atoms with van der Waals surface area (Å²) in [7, 11) is -3.22. The van der Waals surface area contributed by atoms with Crippen LogP contribution in [0.5, 0.6) is 0 Å². The van der Waals surface area contributed by atoms with E-state index in [0.29, 0.717) is 12.8 Å². The summed E-state index contributed by atoms with van der Waals surface area (Å²) in [5.74, 6) is -5.04. The molecule has 0 bridgehead atoms. The lowest BCUT2D eigenvalue weighted by atomic mass is 10.1. The smallest absolute Gasteiger partial charge is 0.320 e. The van der Waals surface area contributed by atoms with Crippen molar-refractivity contribution in [1.29, 1.82) is 4.78 Å². The molecule has 13 heteroatoms. The lowest BCUT2D eigenvalue weighted by molar-refractivity contribution is -0.138. The van der Waals surface area contributed by atoms with Crippen molar-refractivity contribution in [3.05, 3.63) is 35.3 Å². The number of aromatic nitrogens is 3. The lowest BCUT2D eigenvalue weighted by Gasteiger charge is -2.15. The minimum Gasteiger partial charge on any atom is -0.320 e. The summed E-state index contributed by atoms with van der Waals surface area (Å²) in [6, 6.07) is 2.44. The van der Waals surface area contributed by atoms with Gasteiger partial charge in [0.05, 0.1) is 15.4 Å². The number of nitrogens with zero attached hydrogens (tertiary/aromatic N) is 3. The van der Waals surface area contributed by atoms with E-state index >= 15 is 0 Å². The van der Waals surface area contributed by atoms with Gasteiger partial charge < -0.3 is 5.32 Å². The van der Waals surface area contributed by atoms with Crippen molar-refractivity contribution in [2.45, 2.75) is 61.7 Å². The zero-order valence-electron chi connectivity index (χ0n) is 17.6. The fourth-order valence-corrected chi connectivity index (χ4v) is 4.71. The lowest BCUT2D eigenvalue weighted by Crippen LogP contribution is -2.24. The molecule has 180 valence electrons. The monoisotopic (exact) mass is 491 g/mol. The number of pyridine rings is 1. The van der Waals surface area contributed by atoms with Crippen molar-refractivity contribution in [3.63, 3.8) is 0 Å². The highest BCUT2D eigenvalue weighted by atomic mass is 32.2. The number of nitrogens with one attached hydrogen (secondary N) is 2. The van der Waals surface area contributed by atoms with Gasteiger partial charge >= 0.3 is 6.18 Å². The first-order valence-electron chi connectivity index (χ1n) is 10.3. The number of hydrogen-bond donors (Lipinski definition) is 2. The molecule has 2 atom stereocenters. The molecule has 2 fully saturated rings. The normalized spacial score (nSPS) is 22.2. The van der Waals surface area contributed by atoms with Gasteiger partial charge in [-0.25, -0.2) is 22.8 Å². The van der Waals surface area contributed by atoms with Crippen LogP contribution in [0.4, 0.5) is 27.6 Å². The maximum atomic E-state index is 14.0. The van der Waals surface area contributed by atoms with Crippen molar-refractivity contribution in [3.8, 4) is 0 Å². The molecule has 2 saturated carbocycles. The van der Waals surface area contributed by atoms with Crippen molar-refractivity contribution in [2.75, 3.05) is 11.6 Å². The molecule has 0 spiro atoms. The number of rotatable bonds is 6. The Labute approximate surface area is 186 Å². The van der Waals surface area contributed by atoms with Gasteiger partial charge in [0, 0.05) is 43.4 Å². The summed E-state index contributed by atoms with van der Waals surface area (Å²) in [5.41, 5.74) is -2.12. The molecule has 2 heterocycles. The second-order valence-electron chi connectivity index (χ2n) is 8.71. The zero-order chi connectivity index (χ0) is 24.2. The molecule has 2 aliphatic rings. The Kier molecular flexibility index (Phi) is 5.74. The van der Waals surface area contributed by atoms with E-state index in [9.17, 15) is 31.0 Å². The van der Waals surface area contributed by atoms with E-state index in [0.717, 1.165) is 17.0 Å². The molecule has 2 aromatic rings. The second kappa shape index (κ2) is 8.03. The first-order valence-corrected chi connectivity index (χ1v) is 12.3. The van der Waals surface area contributed by atoms with Crippen LogP contribution >= 0.6 is 0 Å². The zero-order valence-corrected chi connectivity index (χ0v) is 18.4. The molecule has 2 unspecified atom stereocenters. The van der Waals surface area contributed by atoms with Gasteiger partial charge in [0.2, 0.25) is 5.92 Å². The topological polar surface area (TPSA) is 101 Å². The molecule has 0 aliphatic heterocycles. The Morgan fingerprint density at radius 1 is 1.33 bits per heavy atom. The van der Waals surface area contributed by atoms with E-state index in [1.54, 1.807) is 0 Å². The van der Waals surface area contributed by atoms with E-state index < -0.39 is 57.2 Å². The Balaban J connectivity index is 1.73. The van der Waals surface area contributed by atoms with Crippen LogP contribution in [-0.4, -0.2) is 37.1 Å². The summed E-state index contributed by atoms with van der Waals surface area (Å²) >= 11 is 0. The van der Waals surface area contributed by atoms with Crippen molar-refractivity contribution in [2.24, 2.45) is 5.92 Å². The molecule has 4 rings (SSSR count). The first kappa shape index (κ1) is 23.6. The molecule has 33 heavy (non-hydrogen) atoms. The van der Waals surface area contributed by atoms with E-state index in [-0.39, 0.29) is 35.8 Å². The second-order valence-corrected chi connectivity index (χ2v) is 10.8. The van der Waals surface area contributed by atoms with Crippen molar-refractivity contribution >= 4 is 21.3 Å². The van der Waals surface area contributed by atoms with E-state index in [1.165, 1.54) is 12.3 Å². The number of amides is 1. The summed E-state index contributed by atoms with van der Waals surface area (Å²) in [5, 5.41) is 6.27. The number of carbonyl (C=O) groups excluding carboxylic acids is 1.